The molecule has 1 aromatic heterocycles. The van der Waals surface area contributed by atoms with Crippen molar-refractivity contribution >= 4 is 44.6 Å². The van der Waals surface area contributed by atoms with Crippen LogP contribution < -0.4 is 19.5 Å². The van der Waals surface area contributed by atoms with E-state index < -0.39 is 92.9 Å². The molecule has 2 saturated carbocycles. The van der Waals surface area contributed by atoms with Crippen LogP contribution in [0.5, 0.6) is 11.6 Å². The number of carboxylic acid groups (broad SMARTS) is 1. The van der Waals surface area contributed by atoms with Crippen LogP contribution in [0.4, 0.5) is 9.18 Å². The maximum Gasteiger partial charge on any atom is 0.408 e. The number of amides is 4. The molecule has 2 saturated heterocycles. The van der Waals surface area contributed by atoms with Crippen molar-refractivity contribution in [3.8, 4) is 11.6 Å². The van der Waals surface area contributed by atoms with Gasteiger partial charge in [-0.05, 0) is 69.8 Å². The standard InChI is InChI=1S/C40H52FN5O10S/c1-23-9-5-6-10-26-19-40(26,37(49)44-57(52,53)39(22-41)14-15-39)43-34(47)30-18-31(56-35-29-12-8-7-11-28(29)32(54-4)20-42-35)25(3)45(30)36(48)33(24(2)17-23)46(38(50)51)27-13-16-55-21-27/h6-8,10-12,20,23-27,30-31,33H,5,9,13-19,21-22H2,1-4H3,(H,43,47)(H,44,49)(H,50,51)/b10-6-/t23-,24+,25?,26+,27?,30-,31+,33-,40+/m0/s1. The number of fused-ring (bicyclic) bond motifs is 3. The molecule has 57 heavy (non-hydrogen) atoms. The largest absolute Gasteiger partial charge is 0.494 e. The molecule has 3 N–H and O–H groups in total. The van der Waals surface area contributed by atoms with Crippen molar-refractivity contribution in [1.82, 2.24) is 24.8 Å². The van der Waals surface area contributed by atoms with Gasteiger partial charge in [0, 0.05) is 29.7 Å². The Labute approximate surface area is 331 Å². The Balaban J connectivity index is 1.28. The molecule has 2 aromatic rings. The van der Waals surface area contributed by atoms with Gasteiger partial charge in [0.05, 0.1) is 32.0 Å². The fraction of sp³-hybridized carbons (Fsp3) is 0.625. The summed E-state index contributed by atoms with van der Waals surface area (Å²) in [5.74, 6) is -2.51. The van der Waals surface area contributed by atoms with Gasteiger partial charge in [0.25, 0.3) is 5.91 Å². The summed E-state index contributed by atoms with van der Waals surface area (Å²) in [6.07, 6.45) is 5.47. The molecular weight excluding hydrogens is 762 g/mol. The Morgan fingerprint density at radius 1 is 1.14 bits per heavy atom. The van der Waals surface area contributed by atoms with E-state index in [1.54, 1.807) is 13.0 Å². The van der Waals surface area contributed by atoms with Crippen molar-refractivity contribution in [3.05, 3.63) is 42.6 Å². The topological polar surface area (TPSA) is 194 Å². The highest BCUT2D eigenvalue weighted by Crippen LogP contribution is 2.48. The van der Waals surface area contributed by atoms with Crippen LogP contribution in [-0.2, 0) is 29.1 Å². The summed E-state index contributed by atoms with van der Waals surface area (Å²) in [6, 6.07) is 3.49. The zero-order valence-electron chi connectivity index (χ0n) is 32.7. The molecule has 310 valence electrons. The van der Waals surface area contributed by atoms with Gasteiger partial charge in [0.15, 0.2) is 0 Å². The number of sulfonamides is 1. The second-order valence-corrected chi connectivity index (χ2v) is 18.6. The summed E-state index contributed by atoms with van der Waals surface area (Å²) in [4.78, 5) is 64.2. The van der Waals surface area contributed by atoms with Gasteiger partial charge in [0.1, 0.15) is 40.9 Å². The number of carbonyl (C=O) groups excluding carboxylic acids is 3. The minimum atomic E-state index is -4.41. The smallest absolute Gasteiger partial charge is 0.408 e. The van der Waals surface area contributed by atoms with Crippen molar-refractivity contribution < 1.29 is 51.3 Å². The lowest BCUT2D eigenvalue weighted by Crippen LogP contribution is -2.62. The Morgan fingerprint density at radius 3 is 2.53 bits per heavy atom. The van der Waals surface area contributed by atoms with Gasteiger partial charge in [-0.3, -0.25) is 24.0 Å². The van der Waals surface area contributed by atoms with Crippen LogP contribution in [0.3, 0.4) is 0 Å². The molecule has 4 heterocycles. The molecule has 1 aromatic carbocycles. The number of hydrogen-bond acceptors (Lipinski definition) is 10. The summed E-state index contributed by atoms with van der Waals surface area (Å²) in [5.41, 5.74) is -1.69. The van der Waals surface area contributed by atoms with E-state index in [0.717, 1.165) is 5.39 Å². The number of alkyl halides is 1. The van der Waals surface area contributed by atoms with Gasteiger partial charge in [0.2, 0.25) is 27.7 Å². The molecule has 0 bridgehead atoms. The summed E-state index contributed by atoms with van der Waals surface area (Å²) in [7, 11) is -2.88. The molecule has 0 radical (unpaired) electrons. The first-order valence-electron chi connectivity index (χ1n) is 19.8. The fourth-order valence-corrected chi connectivity index (χ4v) is 10.5. The van der Waals surface area contributed by atoms with E-state index in [0.29, 0.717) is 43.4 Å². The highest BCUT2D eigenvalue weighted by Gasteiger charge is 2.64. The number of aromatic nitrogens is 1. The second-order valence-electron chi connectivity index (χ2n) is 16.6. The molecule has 0 spiro atoms. The third-order valence-corrected chi connectivity index (χ3v) is 14.8. The molecule has 2 unspecified atom stereocenters. The molecule has 4 amide bonds. The van der Waals surface area contributed by atoms with Crippen LogP contribution >= 0.6 is 0 Å². The normalized spacial score (nSPS) is 33.2. The maximum atomic E-state index is 15.3. The van der Waals surface area contributed by atoms with Gasteiger partial charge in [-0.15, -0.1) is 0 Å². The van der Waals surface area contributed by atoms with Crippen LogP contribution in [0.15, 0.2) is 42.6 Å². The van der Waals surface area contributed by atoms with Crippen molar-refractivity contribution in [2.45, 2.75) is 113 Å². The Hall–Kier alpha value is -4.51. The summed E-state index contributed by atoms with van der Waals surface area (Å²) in [6.45, 7) is 4.93. The summed E-state index contributed by atoms with van der Waals surface area (Å²) in [5, 5.41) is 14.9. The lowest BCUT2D eigenvalue weighted by Gasteiger charge is -2.41. The van der Waals surface area contributed by atoms with Gasteiger partial charge >= 0.3 is 6.09 Å². The Morgan fingerprint density at radius 2 is 1.88 bits per heavy atom. The number of carbonyl (C=O) groups is 4. The first-order valence-corrected chi connectivity index (χ1v) is 21.3. The monoisotopic (exact) mass is 813 g/mol. The number of rotatable bonds is 9. The molecule has 4 fully saturated rings. The van der Waals surface area contributed by atoms with Crippen LogP contribution in [-0.4, -0.2) is 120 Å². The SMILES string of the molecule is COc1cnc(O[C@@H]2C[C@H]3C(=O)N[C@]4(C(=O)NS(=O)(=O)C5(CF)CC5)C[C@H]4/C=C\CC[C@H](C)C[C@@H](C)[C@H](N(C(=O)O)C4CCOC4)C(=O)N3C2C)c2ccccc12. The van der Waals surface area contributed by atoms with E-state index in [1.165, 1.54) is 23.1 Å². The summed E-state index contributed by atoms with van der Waals surface area (Å²) < 4.78 is 58.5. The van der Waals surface area contributed by atoms with Crippen LogP contribution in [0.25, 0.3) is 10.8 Å². The number of nitrogens with zero attached hydrogens (tertiary/aromatic N) is 3. The Bertz CT molecular complexity index is 2040. The molecule has 3 aliphatic heterocycles. The van der Waals surface area contributed by atoms with Crippen molar-refractivity contribution in [3.63, 3.8) is 0 Å². The number of pyridine rings is 1. The first-order chi connectivity index (χ1) is 27.2. The van der Waals surface area contributed by atoms with E-state index in [9.17, 15) is 32.3 Å². The van der Waals surface area contributed by atoms with E-state index in [2.05, 4.69) is 15.0 Å². The van der Waals surface area contributed by atoms with Gasteiger partial charge in [-0.1, -0.05) is 44.2 Å². The van der Waals surface area contributed by atoms with Gasteiger partial charge in [-0.2, -0.15) is 0 Å². The quantitative estimate of drug-likeness (QED) is 0.311. The van der Waals surface area contributed by atoms with E-state index in [4.69, 9.17) is 14.2 Å². The molecule has 15 nitrogen and oxygen atoms in total. The number of halogens is 1. The average molecular weight is 814 g/mol. The maximum absolute atomic E-state index is 15.3. The number of benzene rings is 1. The number of hydrogen-bond donors (Lipinski definition) is 3. The third-order valence-electron chi connectivity index (χ3n) is 12.7. The van der Waals surface area contributed by atoms with Crippen molar-refractivity contribution in [2.75, 3.05) is 27.0 Å². The fourth-order valence-electron chi connectivity index (χ4n) is 9.04. The number of nitrogens with one attached hydrogen (secondary N) is 2. The number of ether oxygens (including phenoxy) is 3. The third kappa shape index (κ3) is 7.52. The zero-order valence-corrected chi connectivity index (χ0v) is 33.5. The van der Waals surface area contributed by atoms with Gasteiger partial charge < -0.3 is 29.5 Å². The van der Waals surface area contributed by atoms with E-state index in [1.807, 2.05) is 44.2 Å². The molecule has 5 aliphatic rings. The number of allylic oxidation sites excluding steroid dienone is 1. The Kier molecular flexibility index (Phi) is 11.2. The predicted octanol–water partition coefficient (Wildman–Crippen LogP) is 3.95. The first kappa shape index (κ1) is 40.7. The van der Waals surface area contributed by atoms with Gasteiger partial charge in [-0.25, -0.2) is 22.6 Å². The molecule has 9 atom stereocenters. The van der Waals surface area contributed by atoms with Crippen LogP contribution in [0, 0.1) is 17.8 Å². The lowest BCUT2D eigenvalue weighted by molar-refractivity contribution is -0.147. The molecular formula is C40H52FN5O10S. The molecule has 17 heteroatoms. The summed E-state index contributed by atoms with van der Waals surface area (Å²) >= 11 is 0. The van der Waals surface area contributed by atoms with Crippen LogP contribution in [0.1, 0.15) is 72.1 Å². The predicted molar refractivity (Wildman–Crippen MR) is 206 cm³/mol. The molecule has 2 aliphatic carbocycles. The highest BCUT2D eigenvalue weighted by atomic mass is 32.2. The zero-order chi connectivity index (χ0) is 40.9. The number of methoxy groups -OCH3 is 1. The molecule has 7 rings (SSSR count). The lowest BCUT2D eigenvalue weighted by atomic mass is 9.86. The second kappa shape index (κ2) is 15.7. The van der Waals surface area contributed by atoms with Crippen molar-refractivity contribution in [1.29, 1.82) is 0 Å². The highest BCUT2D eigenvalue weighted by molar-refractivity contribution is 7.91. The van der Waals surface area contributed by atoms with E-state index in [-0.39, 0.29) is 44.1 Å². The minimum Gasteiger partial charge on any atom is -0.494 e. The van der Waals surface area contributed by atoms with Crippen LogP contribution in [0.2, 0.25) is 0 Å². The van der Waals surface area contributed by atoms with E-state index >= 15 is 4.79 Å². The minimum absolute atomic E-state index is 0.0562. The van der Waals surface area contributed by atoms with Crippen molar-refractivity contribution in [2.24, 2.45) is 17.8 Å². The average Bonchev–Trinajstić information content (AvgIpc) is 4.02.